The summed E-state index contributed by atoms with van der Waals surface area (Å²) < 4.78 is 6.25. The first-order chi connectivity index (χ1) is 13.9. The lowest BCUT2D eigenvalue weighted by Crippen LogP contribution is -2.53. The fourth-order valence-corrected chi connectivity index (χ4v) is 4.12. The Balaban J connectivity index is 1.33. The third-order valence-corrected chi connectivity index (χ3v) is 6.11. The molecule has 0 bridgehead atoms. The molecule has 1 unspecified atom stereocenters. The molecule has 0 radical (unpaired) electrons. The second-order valence-corrected chi connectivity index (χ2v) is 9.00. The van der Waals surface area contributed by atoms with Crippen molar-refractivity contribution in [2.24, 2.45) is 5.92 Å². The second kappa shape index (κ2) is 8.07. The SMILES string of the molecule is CC1(C)CC(Oc2ccc(C(=O)Nc3ccccc3N)cc2)CCN1CC1CC1. The summed E-state index contributed by atoms with van der Waals surface area (Å²) in [6.45, 7) is 6.98. The lowest BCUT2D eigenvalue weighted by atomic mass is 9.88. The van der Waals surface area contributed by atoms with Gasteiger partial charge in [-0.2, -0.15) is 0 Å². The minimum atomic E-state index is -0.177. The molecule has 0 spiro atoms. The highest BCUT2D eigenvalue weighted by Crippen LogP contribution is 2.36. The topological polar surface area (TPSA) is 67.6 Å². The second-order valence-electron chi connectivity index (χ2n) is 9.00. The van der Waals surface area contributed by atoms with Crippen LogP contribution in [-0.2, 0) is 0 Å². The molecule has 1 amide bonds. The molecule has 1 atom stereocenters. The van der Waals surface area contributed by atoms with Crippen molar-refractivity contribution < 1.29 is 9.53 Å². The zero-order chi connectivity index (χ0) is 20.4. The fourth-order valence-electron chi connectivity index (χ4n) is 4.12. The summed E-state index contributed by atoms with van der Waals surface area (Å²) in [5.74, 6) is 1.55. The molecule has 3 N–H and O–H groups in total. The smallest absolute Gasteiger partial charge is 0.255 e. The molecule has 1 aliphatic heterocycles. The lowest BCUT2D eigenvalue weighted by molar-refractivity contribution is 0.00604. The minimum absolute atomic E-state index is 0.168. The number of nitrogens with zero attached hydrogens (tertiary/aromatic N) is 1. The summed E-state index contributed by atoms with van der Waals surface area (Å²) in [5.41, 5.74) is 7.83. The van der Waals surface area contributed by atoms with E-state index in [1.165, 1.54) is 19.4 Å². The number of carbonyl (C=O) groups excluding carboxylic acids is 1. The van der Waals surface area contributed by atoms with Crippen molar-refractivity contribution in [3.8, 4) is 5.75 Å². The number of anilines is 2. The maximum absolute atomic E-state index is 12.5. The van der Waals surface area contributed by atoms with Crippen molar-refractivity contribution in [2.75, 3.05) is 24.1 Å². The number of piperidine rings is 1. The number of nitrogens with two attached hydrogens (primary N) is 1. The van der Waals surface area contributed by atoms with Crippen LogP contribution in [0.5, 0.6) is 5.75 Å². The third kappa shape index (κ3) is 4.91. The van der Waals surface area contributed by atoms with Crippen LogP contribution in [0, 0.1) is 5.92 Å². The molecule has 1 heterocycles. The summed E-state index contributed by atoms with van der Waals surface area (Å²) in [4.78, 5) is 15.1. The molecule has 0 aromatic heterocycles. The molecular weight excluding hydrogens is 362 g/mol. The van der Waals surface area contributed by atoms with Crippen LogP contribution in [0.15, 0.2) is 48.5 Å². The quantitative estimate of drug-likeness (QED) is 0.707. The largest absolute Gasteiger partial charge is 0.490 e. The van der Waals surface area contributed by atoms with Crippen LogP contribution >= 0.6 is 0 Å². The maximum Gasteiger partial charge on any atom is 0.255 e. The zero-order valence-corrected chi connectivity index (χ0v) is 17.4. The van der Waals surface area contributed by atoms with Gasteiger partial charge in [-0.05, 0) is 75.4 Å². The molecule has 1 saturated carbocycles. The van der Waals surface area contributed by atoms with Gasteiger partial charge in [-0.3, -0.25) is 9.69 Å². The van der Waals surface area contributed by atoms with E-state index in [4.69, 9.17) is 10.5 Å². The number of hydrogen-bond acceptors (Lipinski definition) is 4. The number of ether oxygens (including phenoxy) is 1. The first kappa shape index (κ1) is 19.8. The standard InChI is InChI=1S/C24H31N3O2/c1-24(2)15-20(13-14-27(24)16-17-7-8-17)29-19-11-9-18(10-12-19)23(28)26-22-6-4-3-5-21(22)25/h3-6,9-12,17,20H,7-8,13-16,25H2,1-2H3,(H,26,28). The summed E-state index contributed by atoms with van der Waals surface area (Å²) in [6, 6.07) is 14.6. The summed E-state index contributed by atoms with van der Waals surface area (Å²) in [7, 11) is 0. The average Bonchev–Trinajstić information content (AvgIpc) is 3.50. The van der Waals surface area contributed by atoms with Gasteiger partial charge in [-0.15, -0.1) is 0 Å². The van der Waals surface area contributed by atoms with Crippen LogP contribution in [0.2, 0.25) is 0 Å². The Morgan fingerprint density at radius 1 is 1.14 bits per heavy atom. The van der Waals surface area contributed by atoms with E-state index in [9.17, 15) is 4.79 Å². The van der Waals surface area contributed by atoms with Gasteiger partial charge in [0.25, 0.3) is 5.91 Å². The summed E-state index contributed by atoms with van der Waals surface area (Å²) >= 11 is 0. The van der Waals surface area contributed by atoms with Crippen molar-refractivity contribution in [3.05, 3.63) is 54.1 Å². The van der Waals surface area contributed by atoms with Gasteiger partial charge in [0.05, 0.1) is 11.4 Å². The Kier molecular flexibility index (Phi) is 5.50. The van der Waals surface area contributed by atoms with E-state index in [0.717, 1.165) is 31.1 Å². The van der Waals surface area contributed by atoms with Gasteiger partial charge in [0.1, 0.15) is 11.9 Å². The van der Waals surface area contributed by atoms with E-state index in [0.29, 0.717) is 16.9 Å². The molecule has 2 fully saturated rings. The molecule has 5 nitrogen and oxygen atoms in total. The maximum atomic E-state index is 12.5. The van der Waals surface area contributed by atoms with Gasteiger partial charge in [0, 0.05) is 30.6 Å². The molecule has 2 aliphatic rings. The van der Waals surface area contributed by atoms with Gasteiger partial charge < -0.3 is 15.8 Å². The molecular formula is C24H31N3O2. The number of benzene rings is 2. The number of nitrogen functional groups attached to an aromatic ring is 1. The van der Waals surface area contributed by atoms with Crippen LogP contribution in [0.25, 0.3) is 0 Å². The summed E-state index contributed by atoms with van der Waals surface area (Å²) in [5, 5.41) is 2.85. The Morgan fingerprint density at radius 2 is 1.86 bits per heavy atom. The Bertz CT molecular complexity index is 859. The summed E-state index contributed by atoms with van der Waals surface area (Å²) in [6.07, 6.45) is 5.07. The Hall–Kier alpha value is -2.53. The first-order valence-electron chi connectivity index (χ1n) is 10.6. The molecule has 4 rings (SSSR count). The predicted octanol–water partition coefficient (Wildman–Crippen LogP) is 4.55. The van der Waals surface area contributed by atoms with E-state index in [-0.39, 0.29) is 17.6 Å². The fraction of sp³-hybridized carbons (Fsp3) is 0.458. The number of carbonyl (C=O) groups is 1. The van der Waals surface area contributed by atoms with Gasteiger partial charge in [0.15, 0.2) is 0 Å². The van der Waals surface area contributed by atoms with E-state index in [1.54, 1.807) is 24.3 Å². The third-order valence-electron chi connectivity index (χ3n) is 6.11. The van der Waals surface area contributed by atoms with Crippen LogP contribution in [0.4, 0.5) is 11.4 Å². The molecule has 1 saturated heterocycles. The number of amides is 1. The monoisotopic (exact) mass is 393 g/mol. The molecule has 1 aliphatic carbocycles. The Labute approximate surface area is 173 Å². The van der Waals surface area contributed by atoms with Crippen LogP contribution < -0.4 is 15.8 Å². The van der Waals surface area contributed by atoms with Crippen molar-refractivity contribution in [1.29, 1.82) is 0 Å². The zero-order valence-electron chi connectivity index (χ0n) is 17.4. The van der Waals surface area contributed by atoms with Crippen molar-refractivity contribution in [3.63, 3.8) is 0 Å². The van der Waals surface area contributed by atoms with Crippen LogP contribution in [-0.4, -0.2) is 35.5 Å². The van der Waals surface area contributed by atoms with E-state index in [2.05, 4.69) is 24.1 Å². The van der Waals surface area contributed by atoms with Gasteiger partial charge in [-0.25, -0.2) is 0 Å². The van der Waals surface area contributed by atoms with Crippen LogP contribution in [0.3, 0.4) is 0 Å². The van der Waals surface area contributed by atoms with Crippen molar-refractivity contribution >= 4 is 17.3 Å². The predicted molar refractivity (Wildman–Crippen MR) is 117 cm³/mol. The number of nitrogens with one attached hydrogen (secondary N) is 1. The number of hydrogen-bond donors (Lipinski definition) is 2. The normalized spacial score (nSPS) is 21.5. The number of rotatable bonds is 6. The van der Waals surface area contributed by atoms with Crippen molar-refractivity contribution in [2.45, 2.75) is 51.2 Å². The first-order valence-corrected chi connectivity index (χ1v) is 10.6. The highest BCUT2D eigenvalue weighted by molar-refractivity contribution is 6.05. The van der Waals surface area contributed by atoms with Crippen LogP contribution in [0.1, 0.15) is 49.9 Å². The van der Waals surface area contributed by atoms with E-state index >= 15 is 0 Å². The highest BCUT2D eigenvalue weighted by Gasteiger charge is 2.38. The number of para-hydroxylation sites is 2. The Morgan fingerprint density at radius 3 is 2.52 bits per heavy atom. The van der Waals surface area contributed by atoms with Gasteiger partial charge in [0.2, 0.25) is 0 Å². The molecule has 29 heavy (non-hydrogen) atoms. The van der Waals surface area contributed by atoms with E-state index in [1.807, 2.05) is 24.3 Å². The highest BCUT2D eigenvalue weighted by atomic mass is 16.5. The molecule has 2 aromatic carbocycles. The molecule has 154 valence electrons. The van der Waals surface area contributed by atoms with Crippen molar-refractivity contribution in [1.82, 2.24) is 4.90 Å². The molecule has 2 aromatic rings. The van der Waals surface area contributed by atoms with Gasteiger partial charge >= 0.3 is 0 Å². The average molecular weight is 394 g/mol. The number of likely N-dealkylation sites (tertiary alicyclic amines) is 1. The van der Waals surface area contributed by atoms with Gasteiger partial charge in [-0.1, -0.05) is 12.1 Å². The van der Waals surface area contributed by atoms with E-state index < -0.39 is 0 Å². The minimum Gasteiger partial charge on any atom is -0.490 e. The lowest BCUT2D eigenvalue weighted by Gasteiger charge is -2.45. The molecule has 5 heteroatoms.